The first-order valence-electron chi connectivity index (χ1n) is 11.9. The molecule has 1 aromatic carbocycles. The van der Waals surface area contributed by atoms with E-state index in [2.05, 4.69) is 16.0 Å². The topological polar surface area (TPSA) is 128 Å². The molecule has 2 unspecified atom stereocenters. The average Bonchev–Trinajstić information content (AvgIpc) is 2.80. The van der Waals surface area contributed by atoms with Crippen molar-refractivity contribution >= 4 is 25.5 Å². The molecular weight excluding hydrogens is 441 g/mol. The van der Waals surface area contributed by atoms with Crippen LogP contribution in [-0.4, -0.2) is 52.2 Å². The quantitative estimate of drug-likeness (QED) is 0.293. The van der Waals surface area contributed by atoms with Crippen LogP contribution in [0.1, 0.15) is 59.3 Å². The molecule has 2 amide bonds. The third-order valence-corrected chi connectivity index (χ3v) is 7.50. The van der Waals surface area contributed by atoms with E-state index in [1.807, 2.05) is 44.2 Å². The smallest absolute Gasteiger partial charge is 0.391 e. The molecule has 33 heavy (non-hydrogen) atoms. The molecule has 0 radical (unpaired) electrons. The van der Waals surface area contributed by atoms with Crippen LogP contribution >= 0.6 is 8.03 Å². The molecule has 0 saturated heterocycles. The Bertz CT molecular complexity index is 771. The zero-order valence-corrected chi connectivity index (χ0v) is 20.8. The number of aliphatic hydroxyl groups excluding tert-OH is 1. The van der Waals surface area contributed by atoms with Gasteiger partial charge in [-0.25, -0.2) is 0 Å². The lowest BCUT2D eigenvalue weighted by Crippen LogP contribution is -2.52. The summed E-state index contributed by atoms with van der Waals surface area (Å²) in [5.41, 5.74) is 0.363. The summed E-state index contributed by atoms with van der Waals surface area (Å²) in [4.78, 5) is 35.0. The lowest BCUT2D eigenvalue weighted by Gasteiger charge is -2.25. The minimum Gasteiger partial charge on any atom is -0.391 e. The molecule has 5 N–H and O–H groups in total. The predicted octanol–water partition coefficient (Wildman–Crippen LogP) is 3.18. The highest BCUT2D eigenvalue weighted by Crippen LogP contribution is 2.40. The maximum Gasteiger partial charge on any atom is 0.509 e. The van der Waals surface area contributed by atoms with E-state index in [1.54, 1.807) is 6.92 Å². The predicted molar refractivity (Wildman–Crippen MR) is 130 cm³/mol. The normalized spacial score (nSPS) is 18.7. The Morgan fingerprint density at radius 1 is 1.06 bits per heavy atom. The SMILES string of the molecule is CC(C)[C@H](Nc1ccccc1)C(=O)N[C@@H](C)C(=O)NC[C@H](O)CC(C1CCCCC1)[P+](=O)O. The molecule has 1 saturated carbocycles. The highest BCUT2D eigenvalue weighted by atomic mass is 31.1. The van der Waals surface area contributed by atoms with Gasteiger partial charge in [0.05, 0.1) is 6.10 Å². The molecule has 2 rings (SSSR count). The summed E-state index contributed by atoms with van der Waals surface area (Å²) in [5, 5.41) is 19.0. The summed E-state index contributed by atoms with van der Waals surface area (Å²) >= 11 is 0. The molecule has 0 bridgehead atoms. The second kappa shape index (κ2) is 13.6. The highest BCUT2D eigenvalue weighted by molar-refractivity contribution is 7.38. The third kappa shape index (κ3) is 9.03. The standard InChI is InChI=1S/C24H38N3O5P/c1-16(2)22(27-19-12-8-5-9-13-19)24(30)26-17(3)23(29)25-15-20(28)14-21(33(31)32)18-10-6-4-7-11-18/h5,8-9,12-13,16-18,20-22,27-28H,4,6-7,10-11,14-15H2,1-3H3,(H2-,25,26,29,30,31,32)/p+1/t17-,20+,21?,22-/m0/s1. The molecule has 1 aliphatic carbocycles. The number of carbonyl (C=O) groups excluding carboxylic acids is 2. The fourth-order valence-corrected chi connectivity index (χ4v) is 5.42. The van der Waals surface area contributed by atoms with Gasteiger partial charge in [0.1, 0.15) is 12.1 Å². The van der Waals surface area contributed by atoms with Crippen molar-refractivity contribution in [2.75, 3.05) is 11.9 Å². The minimum atomic E-state index is -2.39. The van der Waals surface area contributed by atoms with Gasteiger partial charge in [-0.1, -0.05) is 51.3 Å². The number of anilines is 1. The van der Waals surface area contributed by atoms with Crippen molar-refractivity contribution in [3.63, 3.8) is 0 Å². The average molecular weight is 481 g/mol. The third-order valence-electron chi connectivity index (χ3n) is 6.30. The summed E-state index contributed by atoms with van der Waals surface area (Å²) in [7, 11) is -2.39. The number of benzene rings is 1. The Hall–Kier alpha value is -2.02. The van der Waals surface area contributed by atoms with Gasteiger partial charge in [-0.2, -0.15) is 4.89 Å². The number of hydrogen-bond acceptors (Lipinski definition) is 5. The number of hydrogen-bond donors (Lipinski definition) is 5. The number of para-hydroxylation sites is 1. The molecule has 0 spiro atoms. The van der Waals surface area contributed by atoms with Crippen molar-refractivity contribution in [2.24, 2.45) is 11.8 Å². The number of amides is 2. The van der Waals surface area contributed by atoms with Crippen molar-refractivity contribution in [1.82, 2.24) is 10.6 Å². The Labute approximate surface area is 197 Å². The molecule has 184 valence electrons. The molecule has 8 nitrogen and oxygen atoms in total. The second-order valence-corrected chi connectivity index (χ2v) is 10.6. The van der Waals surface area contributed by atoms with Gasteiger partial charge in [0.25, 0.3) is 0 Å². The summed E-state index contributed by atoms with van der Waals surface area (Å²) in [6, 6.07) is 8.11. The van der Waals surface area contributed by atoms with Gasteiger partial charge >= 0.3 is 8.03 Å². The van der Waals surface area contributed by atoms with Gasteiger partial charge in [-0.3, -0.25) is 9.59 Å². The zero-order chi connectivity index (χ0) is 24.4. The van der Waals surface area contributed by atoms with E-state index in [0.29, 0.717) is 0 Å². The van der Waals surface area contributed by atoms with Crippen molar-refractivity contribution in [3.8, 4) is 0 Å². The lowest BCUT2D eigenvalue weighted by molar-refractivity contribution is -0.129. The summed E-state index contributed by atoms with van der Waals surface area (Å²) in [6.07, 6.45) is 4.30. The van der Waals surface area contributed by atoms with Crippen molar-refractivity contribution in [2.45, 2.75) is 83.1 Å². The van der Waals surface area contributed by atoms with Crippen LogP contribution in [0.4, 0.5) is 5.69 Å². The van der Waals surface area contributed by atoms with Gasteiger partial charge in [0.15, 0.2) is 5.66 Å². The van der Waals surface area contributed by atoms with Crippen LogP contribution in [0.5, 0.6) is 0 Å². The number of carbonyl (C=O) groups is 2. The van der Waals surface area contributed by atoms with E-state index in [9.17, 15) is 24.2 Å². The molecule has 5 atom stereocenters. The van der Waals surface area contributed by atoms with Crippen LogP contribution in [0, 0.1) is 11.8 Å². The Balaban J connectivity index is 1.83. The zero-order valence-electron chi connectivity index (χ0n) is 19.9. The second-order valence-electron chi connectivity index (χ2n) is 9.36. The van der Waals surface area contributed by atoms with Crippen molar-refractivity contribution < 1.29 is 24.2 Å². The molecule has 1 fully saturated rings. The van der Waals surface area contributed by atoms with Crippen LogP contribution in [0.3, 0.4) is 0 Å². The Kier molecular flexibility index (Phi) is 11.2. The highest BCUT2D eigenvalue weighted by Gasteiger charge is 2.39. The largest absolute Gasteiger partial charge is 0.509 e. The van der Waals surface area contributed by atoms with Gasteiger partial charge < -0.3 is 21.1 Å². The molecule has 0 heterocycles. The van der Waals surface area contributed by atoms with Crippen LogP contribution in [-0.2, 0) is 14.2 Å². The molecule has 0 aromatic heterocycles. The lowest BCUT2D eigenvalue weighted by atomic mass is 9.85. The van der Waals surface area contributed by atoms with Crippen LogP contribution in [0.2, 0.25) is 0 Å². The molecular formula is C24H39N3O5P+. The van der Waals surface area contributed by atoms with Crippen LogP contribution < -0.4 is 16.0 Å². The maximum atomic E-state index is 12.8. The summed E-state index contributed by atoms with van der Waals surface area (Å²) in [5.74, 6) is -0.556. The summed E-state index contributed by atoms with van der Waals surface area (Å²) in [6.45, 7) is 5.42. The number of nitrogens with one attached hydrogen (secondary N) is 3. The molecule has 1 aliphatic rings. The van der Waals surface area contributed by atoms with Gasteiger partial charge in [0.2, 0.25) is 11.8 Å². The first-order chi connectivity index (χ1) is 15.7. The maximum absolute atomic E-state index is 12.8. The number of rotatable bonds is 12. The van der Waals surface area contributed by atoms with Gasteiger partial charge in [-0.05, 0) is 42.4 Å². The van der Waals surface area contributed by atoms with Crippen LogP contribution in [0.15, 0.2) is 30.3 Å². The first kappa shape index (κ1) is 27.2. The monoisotopic (exact) mass is 480 g/mol. The fourth-order valence-electron chi connectivity index (χ4n) is 4.33. The van der Waals surface area contributed by atoms with Gasteiger partial charge in [-0.15, -0.1) is 0 Å². The van der Waals surface area contributed by atoms with Crippen molar-refractivity contribution in [3.05, 3.63) is 30.3 Å². The molecule has 1 aromatic rings. The first-order valence-corrected chi connectivity index (χ1v) is 13.2. The summed E-state index contributed by atoms with van der Waals surface area (Å²) < 4.78 is 11.8. The molecule has 0 aliphatic heterocycles. The van der Waals surface area contributed by atoms with E-state index >= 15 is 0 Å². The van der Waals surface area contributed by atoms with Crippen LogP contribution in [0.25, 0.3) is 0 Å². The van der Waals surface area contributed by atoms with E-state index in [4.69, 9.17) is 0 Å². The van der Waals surface area contributed by atoms with Crippen molar-refractivity contribution in [1.29, 1.82) is 0 Å². The van der Waals surface area contributed by atoms with E-state index in [-0.39, 0.29) is 30.7 Å². The number of aliphatic hydroxyl groups is 1. The Morgan fingerprint density at radius 2 is 1.70 bits per heavy atom. The van der Waals surface area contributed by atoms with E-state index < -0.39 is 37.8 Å². The molecule has 9 heteroatoms. The fraction of sp³-hybridized carbons (Fsp3) is 0.667. The van der Waals surface area contributed by atoms with E-state index in [0.717, 1.165) is 37.8 Å². The Morgan fingerprint density at radius 3 is 2.27 bits per heavy atom. The minimum absolute atomic E-state index is 0.000488. The van der Waals surface area contributed by atoms with E-state index in [1.165, 1.54) is 0 Å². The van der Waals surface area contributed by atoms with Gasteiger partial charge in [0, 0.05) is 24.6 Å².